The van der Waals surface area contributed by atoms with E-state index in [0.717, 1.165) is 51.4 Å². The van der Waals surface area contributed by atoms with Gasteiger partial charge in [0, 0.05) is 0 Å². The fourth-order valence-corrected chi connectivity index (χ4v) is 7.17. The Kier molecular flexibility index (Phi) is 11.1. The number of benzene rings is 2. The summed E-state index contributed by atoms with van der Waals surface area (Å²) in [6.45, 7) is 4.95. The highest BCUT2D eigenvalue weighted by Crippen LogP contribution is 2.15. The molecule has 0 aliphatic heterocycles. The summed E-state index contributed by atoms with van der Waals surface area (Å²) in [5.41, 5.74) is -0.861. The average molecular weight is 441 g/mol. The highest BCUT2D eigenvalue weighted by atomic mass is 28.3. The molecular weight excluding hydrogens is 404 g/mol. The topological polar surface area (TPSA) is 52.6 Å². The van der Waals surface area contributed by atoms with Gasteiger partial charge in [-0.1, -0.05) is 113 Å². The maximum Gasteiger partial charge on any atom is 0.370 e. The van der Waals surface area contributed by atoms with Gasteiger partial charge in [0.15, 0.2) is 0 Å². The van der Waals surface area contributed by atoms with Gasteiger partial charge in [0.2, 0.25) is 0 Å². The number of carbonyl (C=O) groups excluding carboxylic acids is 2. The van der Waals surface area contributed by atoms with Crippen molar-refractivity contribution >= 4 is 29.6 Å². The molecule has 168 valence electrons. The smallest absolute Gasteiger partial charge is 0.370 e. The minimum Gasteiger partial charge on any atom is -0.469 e. The van der Waals surface area contributed by atoms with E-state index in [1.54, 1.807) is 0 Å². The summed E-state index contributed by atoms with van der Waals surface area (Å²) >= 11 is 0. The van der Waals surface area contributed by atoms with Crippen LogP contribution < -0.4 is 10.4 Å². The van der Waals surface area contributed by atoms with Crippen LogP contribution in [-0.4, -0.2) is 32.5 Å². The maximum absolute atomic E-state index is 13.6. The molecule has 2 rings (SSSR count). The van der Waals surface area contributed by atoms with Gasteiger partial charge in [-0.25, -0.2) is 0 Å². The van der Waals surface area contributed by atoms with Gasteiger partial charge >= 0.3 is 8.07 Å². The third-order valence-electron chi connectivity index (χ3n) is 5.49. The lowest BCUT2D eigenvalue weighted by Gasteiger charge is -2.28. The Morgan fingerprint density at radius 3 is 1.35 bits per heavy atom. The summed E-state index contributed by atoms with van der Waals surface area (Å²) in [6.07, 6.45) is 8.08. The van der Waals surface area contributed by atoms with E-state index in [0.29, 0.717) is 23.6 Å². The Balaban J connectivity index is 2.35. The molecule has 0 saturated carbocycles. The minimum absolute atomic E-state index is 0.330. The molecule has 31 heavy (non-hydrogen) atoms. The minimum atomic E-state index is -3.61. The first kappa shape index (κ1) is 24.9. The summed E-state index contributed by atoms with van der Waals surface area (Å²) in [5, 5.41) is 1.41. The average Bonchev–Trinajstić information content (AvgIpc) is 2.81. The summed E-state index contributed by atoms with van der Waals surface area (Å²) in [7, 11) is -3.61. The van der Waals surface area contributed by atoms with Crippen LogP contribution in [0.5, 0.6) is 0 Å². The summed E-state index contributed by atoms with van der Waals surface area (Å²) in [6, 6.07) is 18.7. The molecule has 0 amide bonds. The van der Waals surface area contributed by atoms with Gasteiger partial charge < -0.3 is 9.47 Å². The van der Waals surface area contributed by atoms with Crippen LogP contribution in [-0.2, 0) is 9.47 Å². The van der Waals surface area contributed by atoms with E-state index < -0.39 is 19.3 Å². The van der Waals surface area contributed by atoms with Crippen molar-refractivity contribution < 1.29 is 19.1 Å². The predicted molar refractivity (Wildman–Crippen MR) is 129 cm³/mol. The standard InChI is InChI=1S/C26H36O4Si/c1-3-5-7-15-21-29-25(27)31(23-17-11-9-12-18-23,24-19-13-10-14-20-24)26(28)30-22-16-8-6-4-2/h9-14,17-20H,3-8,15-16,21-22H2,1-2H3. The summed E-state index contributed by atoms with van der Waals surface area (Å²) < 4.78 is 11.5. The molecule has 0 aromatic heterocycles. The molecule has 0 bridgehead atoms. The van der Waals surface area contributed by atoms with Crippen molar-refractivity contribution in [3.63, 3.8) is 0 Å². The van der Waals surface area contributed by atoms with Crippen molar-refractivity contribution in [1.82, 2.24) is 0 Å². The Bertz CT molecular complexity index is 709. The Morgan fingerprint density at radius 1 is 0.613 bits per heavy atom. The number of carbonyl (C=O) groups is 2. The fraction of sp³-hybridized carbons (Fsp3) is 0.462. The second-order valence-corrected chi connectivity index (χ2v) is 11.3. The molecule has 0 N–H and O–H groups in total. The van der Waals surface area contributed by atoms with Crippen molar-refractivity contribution in [2.75, 3.05) is 13.2 Å². The molecule has 0 aliphatic carbocycles. The second-order valence-electron chi connectivity index (χ2n) is 7.88. The zero-order valence-electron chi connectivity index (χ0n) is 19.0. The van der Waals surface area contributed by atoms with Crippen LogP contribution in [0, 0.1) is 0 Å². The quantitative estimate of drug-likeness (QED) is 0.273. The lowest BCUT2D eigenvalue weighted by Crippen LogP contribution is -2.70. The van der Waals surface area contributed by atoms with Crippen LogP contribution in [0.3, 0.4) is 0 Å². The molecule has 0 saturated heterocycles. The molecule has 0 spiro atoms. The molecule has 0 radical (unpaired) electrons. The number of unbranched alkanes of at least 4 members (excludes halogenated alkanes) is 6. The highest BCUT2D eigenvalue weighted by molar-refractivity contribution is 7.37. The molecule has 0 aliphatic rings. The van der Waals surface area contributed by atoms with Crippen molar-refractivity contribution in [2.24, 2.45) is 0 Å². The SMILES string of the molecule is CCCCCCOC(=O)[Si](C(=O)OCCCCCC)(c1ccccc1)c1ccccc1. The maximum atomic E-state index is 13.6. The van der Waals surface area contributed by atoms with E-state index in [1.165, 1.54) is 0 Å². The molecule has 4 nitrogen and oxygen atoms in total. The van der Waals surface area contributed by atoms with E-state index in [4.69, 9.17) is 9.47 Å². The normalized spacial score (nSPS) is 11.2. The Hall–Kier alpha value is -2.40. The zero-order chi connectivity index (χ0) is 22.4. The number of hydrogen-bond donors (Lipinski definition) is 0. The van der Waals surface area contributed by atoms with Crippen LogP contribution in [0.1, 0.15) is 65.2 Å². The van der Waals surface area contributed by atoms with Crippen LogP contribution in [0.15, 0.2) is 60.7 Å². The van der Waals surface area contributed by atoms with Crippen LogP contribution in [0.2, 0.25) is 0 Å². The Labute approximate surface area is 188 Å². The molecular formula is C26H36O4Si. The first-order valence-electron chi connectivity index (χ1n) is 11.6. The van der Waals surface area contributed by atoms with Gasteiger partial charge in [-0.05, 0) is 23.2 Å². The lowest BCUT2D eigenvalue weighted by atomic mass is 10.2. The third-order valence-corrected chi connectivity index (χ3v) is 9.40. The van der Waals surface area contributed by atoms with E-state index in [2.05, 4.69) is 13.8 Å². The second kappa shape index (κ2) is 13.8. The zero-order valence-corrected chi connectivity index (χ0v) is 20.0. The monoisotopic (exact) mass is 440 g/mol. The molecule has 2 aromatic carbocycles. The molecule has 5 heteroatoms. The van der Waals surface area contributed by atoms with E-state index in [-0.39, 0.29) is 0 Å². The van der Waals surface area contributed by atoms with Gasteiger partial charge in [0.1, 0.15) is 0 Å². The van der Waals surface area contributed by atoms with Gasteiger partial charge in [0.25, 0.3) is 11.2 Å². The van der Waals surface area contributed by atoms with Crippen molar-refractivity contribution in [1.29, 1.82) is 0 Å². The first-order chi connectivity index (χ1) is 15.2. The third kappa shape index (κ3) is 6.79. The predicted octanol–water partition coefficient (Wildman–Crippen LogP) is 5.85. The lowest BCUT2D eigenvalue weighted by molar-refractivity contribution is 0.159. The van der Waals surface area contributed by atoms with Crippen molar-refractivity contribution in [3.8, 4) is 0 Å². The fourth-order valence-electron chi connectivity index (χ4n) is 3.70. The van der Waals surface area contributed by atoms with Crippen molar-refractivity contribution in [2.45, 2.75) is 65.2 Å². The largest absolute Gasteiger partial charge is 0.469 e. The first-order valence-corrected chi connectivity index (χ1v) is 13.6. The number of ether oxygens (including phenoxy) is 2. The van der Waals surface area contributed by atoms with Crippen molar-refractivity contribution in [3.05, 3.63) is 60.7 Å². The number of hydrogen-bond acceptors (Lipinski definition) is 4. The van der Waals surface area contributed by atoms with Crippen LogP contribution in [0.25, 0.3) is 0 Å². The Morgan fingerprint density at radius 2 is 1.00 bits per heavy atom. The van der Waals surface area contributed by atoms with Gasteiger partial charge in [-0.2, -0.15) is 0 Å². The van der Waals surface area contributed by atoms with Gasteiger partial charge in [-0.15, -0.1) is 0 Å². The van der Waals surface area contributed by atoms with E-state index >= 15 is 0 Å². The van der Waals surface area contributed by atoms with Crippen LogP contribution in [0.4, 0.5) is 9.59 Å². The molecule has 0 unspecified atom stereocenters. The van der Waals surface area contributed by atoms with Crippen LogP contribution >= 0.6 is 0 Å². The molecule has 0 heterocycles. The number of rotatable bonds is 14. The van der Waals surface area contributed by atoms with Gasteiger partial charge in [0.05, 0.1) is 13.2 Å². The molecule has 0 atom stereocenters. The summed E-state index contributed by atoms with van der Waals surface area (Å²) in [4.78, 5) is 27.2. The van der Waals surface area contributed by atoms with E-state index in [1.807, 2.05) is 60.7 Å². The van der Waals surface area contributed by atoms with Gasteiger partial charge in [-0.3, -0.25) is 9.59 Å². The van der Waals surface area contributed by atoms with E-state index in [9.17, 15) is 9.59 Å². The highest BCUT2D eigenvalue weighted by Gasteiger charge is 2.56. The molecule has 0 fully saturated rings. The molecule has 2 aromatic rings. The summed E-state index contributed by atoms with van der Waals surface area (Å²) in [5.74, 6) is 0.